The second-order valence-electron chi connectivity index (χ2n) is 3.07. The molecule has 0 N–H and O–H groups in total. The maximum atomic E-state index is 13.1. The van der Waals surface area contributed by atoms with E-state index < -0.39 is 0 Å². The van der Waals surface area contributed by atoms with Crippen molar-refractivity contribution in [3.8, 4) is 0 Å². The third-order valence-electron chi connectivity index (χ3n) is 2.07. The maximum absolute atomic E-state index is 13.1. The third kappa shape index (κ3) is 2.77. The number of rotatable bonds is 4. The van der Waals surface area contributed by atoms with Gasteiger partial charge in [-0.15, -0.1) is 0 Å². The molecule has 1 rings (SSSR count). The first-order valence-electron chi connectivity index (χ1n) is 4.35. The van der Waals surface area contributed by atoms with Crippen LogP contribution in [0.5, 0.6) is 0 Å². The summed E-state index contributed by atoms with van der Waals surface area (Å²) in [6.45, 7) is 2.62. The zero-order valence-corrected chi connectivity index (χ0v) is 7.96. The van der Waals surface area contributed by atoms with Gasteiger partial charge in [0, 0.05) is 25.5 Å². The Hall–Kier alpha value is -0.960. The number of aromatic nitrogens is 1. The lowest BCUT2D eigenvalue weighted by atomic mass is 10.00. The normalized spacial score (nSPS) is 12.8. The molecule has 2 nitrogen and oxygen atoms in total. The molecule has 0 bridgehead atoms. The van der Waals surface area contributed by atoms with E-state index in [9.17, 15) is 4.39 Å². The highest BCUT2D eigenvalue weighted by atomic mass is 19.1. The van der Waals surface area contributed by atoms with Crippen LogP contribution in [0.2, 0.25) is 0 Å². The molecule has 1 aromatic rings. The van der Waals surface area contributed by atoms with Gasteiger partial charge in [0.15, 0.2) is 0 Å². The van der Waals surface area contributed by atoms with E-state index in [0.29, 0.717) is 12.2 Å². The molecule has 0 radical (unpaired) electrons. The highest BCUT2D eigenvalue weighted by molar-refractivity contribution is 5.15. The summed E-state index contributed by atoms with van der Waals surface area (Å²) in [6, 6.07) is 3.52. The number of hydrogen-bond acceptors (Lipinski definition) is 2. The molecule has 1 heterocycles. The maximum Gasteiger partial charge on any atom is 0.216 e. The Labute approximate surface area is 77.8 Å². The second-order valence-corrected chi connectivity index (χ2v) is 3.07. The quantitative estimate of drug-likeness (QED) is 0.668. The van der Waals surface area contributed by atoms with Crippen molar-refractivity contribution in [3.05, 3.63) is 29.8 Å². The average molecular weight is 183 g/mol. The standard InChI is InChI=1S/C10H14FNO/c1-8(5-7-13-2)9-4-3-6-12-10(9)11/h3-4,6,8H,5,7H2,1-2H3. The number of nitrogens with zero attached hydrogens (tertiary/aromatic N) is 1. The van der Waals surface area contributed by atoms with Crippen molar-refractivity contribution in [1.29, 1.82) is 0 Å². The summed E-state index contributed by atoms with van der Waals surface area (Å²) in [5.41, 5.74) is 0.666. The zero-order chi connectivity index (χ0) is 9.68. The van der Waals surface area contributed by atoms with Crippen LogP contribution in [0.15, 0.2) is 18.3 Å². The van der Waals surface area contributed by atoms with Crippen LogP contribution in [0.25, 0.3) is 0 Å². The van der Waals surface area contributed by atoms with Crippen molar-refractivity contribution in [3.63, 3.8) is 0 Å². The predicted octanol–water partition coefficient (Wildman–Crippen LogP) is 2.36. The number of halogens is 1. The first kappa shape index (κ1) is 10.1. The van der Waals surface area contributed by atoms with Crippen molar-refractivity contribution in [2.75, 3.05) is 13.7 Å². The fraction of sp³-hybridized carbons (Fsp3) is 0.500. The molecule has 0 aromatic carbocycles. The summed E-state index contributed by atoms with van der Waals surface area (Å²) in [7, 11) is 1.65. The van der Waals surface area contributed by atoms with Gasteiger partial charge in [-0.1, -0.05) is 13.0 Å². The van der Waals surface area contributed by atoms with Crippen molar-refractivity contribution in [2.24, 2.45) is 0 Å². The monoisotopic (exact) mass is 183 g/mol. The first-order chi connectivity index (χ1) is 6.25. The molecular formula is C10H14FNO. The minimum atomic E-state index is -0.369. The lowest BCUT2D eigenvalue weighted by Crippen LogP contribution is -2.02. The highest BCUT2D eigenvalue weighted by Gasteiger charge is 2.10. The minimum Gasteiger partial charge on any atom is -0.385 e. The van der Waals surface area contributed by atoms with Gasteiger partial charge in [0.05, 0.1) is 0 Å². The minimum absolute atomic E-state index is 0.161. The molecular weight excluding hydrogens is 169 g/mol. The van der Waals surface area contributed by atoms with Crippen LogP contribution >= 0.6 is 0 Å². The molecule has 0 amide bonds. The van der Waals surface area contributed by atoms with E-state index >= 15 is 0 Å². The van der Waals surface area contributed by atoms with Gasteiger partial charge in [0.2, 0.25) is 5.95 Å². The fourth-order valence-electron chi connectivity index (χ4n) is 1.22. The summed E-state index contributed by atoms with van der Waals surface area (Å²) in [4.78, 5) is 3.60. The Bertz CT molecular complexity index is 265. The summed E-state index contributed by atoms with van der Waals surface area (Å²) in [5, 5.41) is 0. The van der Waals surface area contributed by atoms with Crippen LogP contribution in [0.1, 0.15) is 24.8 Å². The van der Waals surface area contributed by atoms with Gasteiger partial charge >= 0.3 is 0 Å². The summed E-state index contributed by atoms with van der Waals surface area (Å²) >= 11 is 0. The van der Waals surface area contributed by atoms with Crippen molar-refractivity contribution in [1.82, 2.24) is 4.98 Å². The molecule has 1 aromatic heterocycles. The molecule has 0 aliphatic carbocycles. The first-order valence-corrected chi connectivity index (χ1v) is 4.35. The summed E-state index contributed by atoms with van der Waals surface area (Å²) in [5.74, 6) is -0.209. The van der Waals surface area contributed by atoms with Crippen molar-refractivity contribution in [2.45, 2.75) is 19.3 Å². The predicted molar refractivity (Wildman–Crippen MR) is 49.1 cm³/mol. The topological polar surface area (TPSA) is 22.1 Å². The lowest BCUT2D eigenvalue weighted by Gasteiger charge is -2.10. The molecule has 0 fully saturated rings. The largest absolute Gasteiger partial charge is 0.385 e. The van der Waals surface area contributed by atoms with E-state index in [1.54, 1.807) is 19.2 Å². The van der Waals surface area contributed by atoms with Gasteiger partial charge < -0.3 is 4.74 Å². The van der Waals surface area contributed by atoms with E-state index in [4.69, 9.17) is 4.74 Å². The molecule has 13 heavy (non-hydrogen) atoms. The Morgan fingerprint density at radius 3 is 3.00 bits per heavy atom. The Morgan fingerprint density at radius 1 is 1.62 bits per heavy atom. The SMILES string of the molecule is COCCC(C)c1cccnc1F. The van der Waals surface area contributed by atoms with E-state index in [2.05, 4.69) is 4.98 Å². The summed E-state index contributed by atoms with van der Waals surface area (Å²) < 4.78 is 18.0. The molecule has 3 heteroatoms. The van der Waals surface area contributed by atoms with Crippen LogP contribution in [0, 0.1) is 5.95 Å². The van der Waals surface area contributed by atoms with Gasteiger partial charge in [0.1, 0.15) is 0 Å². The van der Waals surface area contributed by atoms with Crippen LogP contribution in [-0.4, -0.2) is 18.7 Å². The van der Waals surface area contributed by atoms with Crippen molar-refractivity contribution >= 4 is 0 Å². The molecule has 72 valence electrons. The summed E-state index contributed by atoms with van der Waals surface area (Å²) in [6.07, 6.45) is 2.28. The smallest absolute Gasteiger partial charge is 0.216 e. The number of methoxy groups -OCH3 is 1. The van der Waals surface area contributed by atoms with Gasteiger partial charge in [-0.2, -0.15) is 4.39 Å². The highest BCUT2D eigenvalue weighted by Crippen LogP contribution is 2.19. The average Bonchev–Trinajstić information content (AvgIpc) is 2.15. The Kier molecular flexibility index (Phi) is 3.83. The van der Waals surface area contributed by atoms with E-state index in [-0.39, 0.29) is 11.9 Å². The van der Waals surface area contributed by atoms with Gasteiger partial charge in [-0.25, -0.2) is 4.98 Å². The second kappa shape index (κ2) is 4.92. The Balaban J connectivity index is 2.65. The van der Waals surface area contributed by atoms with E-state index in [1.165, 1.54) is 6.20 Å². The molecule has 0 aliphatic heterocycles. The lowest BCUT2D eigenvalue weighted by molar-refractivity contribution is 0.189. The van der Waals surface area contributed by atoms with Crippen LogP contribution in [0.3, 0.4) is 0 Å². The third-order valence-corrected chi connectivity index (χ3v) is 2.07. The number of hydrogen-bond donors (Lipinski definition) is 0. The molecule has 0 aliphatic rings. The van der Waals surface area contributed by atoms with Crippen LogP contribution in [-0.2, 0) is 4.74 Å². The molecule has 1 unspecified atom stereocenters. The number of pyridine rings is 1. The van der Waals surface area contributed by atoms with Gasteiger partial charge in [0.25, 0.3) is 0 Å². The van der Waals surface area contributed by atoms with Crippen molar-refractivity contribution < 1.29 is 9.13 Å². The van der Waals surface area contributed by atoms with Crippen LogP contribution in [0.4, 0.5) is 4.39 Å². The van der Waals surface area contributed by atoms with E-state index in [1.807, 2.05) is 6.92 Å². The molecule has 0 spiro atoms. The van der Waals surface area contributed by atoms with Gasteiger partial charge in [-0.05, 0) is 18.4 Å². The molecule has 0 saturated carbocycles. The van der Waals surface area contributed by atoms with Gasteiger partial charge in [-0.3, -0.25) is 0 Å². The number of ether oxygens (including phenoxy) is 1. The molecule has 1 atom stereocenters. The van der Waals surface area contributed by atoms with E-state index in [0.717, 1.165) is 6.42 Å². The molecule has 0 saturated heterocycles. The Morgan fingerprint density at radius 2 is 2.38 bits per heavy atom. The zero-order valence-electron chi connectivity index (χ0n) is 7.96. The van der Waals surface area contributed by atoms with Crippen LogP contribution < -0.4 is 0 Å². The fourth-order valence-corrected chi connectivity index (χ4v) is 1.22.